The second-order valence-corrected chi connectivity index (χ2v) is 7.51. The number of nitrogen functional groups attached to an aromatic ring is 1. The lowest BCUT2D eigenvalue weighted by molar-refractivity contribution is 0.207. The number of nitrogens with zero attached hydrogens (tertiary/aromatic N) is 7. The predicted octanol–water partition coefficient (Wildman–Crippen LogP) is 2.12. The third kappa shape index (κ3) is 3.84. The minimum absolute atomic E-state index is 0.217. The zero-order valence-corrected chi connectivity index (χ0v) is 16.8. The minimum atomic E-state index is 0.217. The van der Waals surface area contributed by atoms with Crippen LogP contribution in [-0.2, 0) is 13.1 Å². The van der Waals surface area contributed by atoms with Crippen LogP contribution in [0.3, 0.4) is 0 Å². The first kappa shape index (κ1) is 18.9. The second kappa shape index (κ2) is 7.98. The minimum Gasteiger partial charge on any atom is -0.461 e. The number of aromatic nitrogens is 6. The van der Waals surface area contributed by atoms with Crippen molar-refractivity contribution in [3.8, 4) is 11.6 Å². The molecule has 0 radical (unpaired) electrons. The highest BCUT2D eigenvalue weighted by Crippen LogP contribution is 2.20. The number of hydrogen-bond acceptors (Lipinski definition) is 9. The number of likely N-dealkylation sites (tertiary alicyclic amines) is 1. The summed E-state index contributed by atoms with van der Waals surface area (Å²) in [6, 6.07) is 7.45. The van der Waals surface area contributed by atoms with E-state index < -0.39 is 0 Å². The number of fused-ring (bicyclic) bond motifs is 1. The molecule has 1 saturated heterocycles. The number of nitrogens with two attached hydrogens (primary N) is 1. The van der Waals surface area contributed by atoms with Gasteiger partial charge in [0.25, 0.3) is 5.78 Å². The molecule has 0 amide bonds. The summed E-state index contributed by atoms with van der Waals surface area (Å²) >= 11 is 6.01. The van der Waals surface area contributed by atoms with Gasteiger partial charge >= 0.3 is 0 Å². The van der Waals surface area contributed by atoms with E-state index in [0.717, 1.165) is 31.5 Å². The molecule has 0 saturated carbocycles. The molecule has 30 heavy (non-hydrogen) atoms. The molecule has 154 valence electrons. The summed E-state index contributed by atoms with van der Waals surface area (Å²) in [5, 5.41) is 8.36. The van der Waals surface area contributed by atoms with Gasteiger partial charge in [-0.15, -0.1) is 5.10 Å². The molecule has 4 aromatic rings. The van der Waals surface area contributed by atoms with Gasteiger partial charge in [0.1, 0.15) is 11.0 Å². The van der Waals surface area contributed by atoms with Crippen LogP contribution >= 0.6 is 11.6 Å². The molecule has 1 atom stereocenters. The number of furan rings is 1. The molecule has 1 aliphatic rings. The van der Waals surface area contributed by atoms with Crippen molar-refractivity contribution in [3.05, 3.63) is 53.3 Å². The van der Waals surface area contributed by atoms with Crippen LogP contribution in [-0.4, -0.2) is 47.2 Å². The van der Waals surface area contributed by atoms with Gasteiger partial charge in [-0.05, 0) is 42.7 Å². The van der Waals surface area contributed by atoms with Gasteiger partial charge in [-0.1, -0.05) is 11.6 Å². The largest absolute Gasteiger partial charge is 0.461 e. The Balaban J connectivity index is 1.29. The van der Waals surface area contributed by atoms with Gasteiger partial charge in [-0.25, -0.2) is 4.98 Å². The molecular weight excluding hydrogens is 406 g/mol. The maximum absolute atomic E-state index is 6.07. The van der Waals surface area contributed by atoms with E-state index in [9.17, 15) is 0 Å². The Labute approximate surface area is 177 Å². The van der Waals surface area contributed by atoms with E-state index in [4.69, 9.17) is 21.8 Å². The van der Waals surface area contributed by atoms with E-state index in [1.807, 2.05) is 12.1 Å². The van der Waals surface area contributed by atoms with E-state index in [2.05, 4.69) is 35.3 Å². The molecule has 0 spiro atoms. The molecule has 3 N–H and O–H groups in total. The van der Waals surface area contributed by atoms with Gasteiger partial charge in [0.05, 0.1) is 19.0 Å². The van der Waals surface area contributed by atoms with Crippen LogP contribution in [0.5, 0.6) is 0 Å². The number of halogens is 1. The SMILES string of the molecule is Nc1nc(CN[C@H]2CCCN2Cc2ccnc(Cl)c2)nc2nc(-c3ccco3)nn12. The number of hydrogen-bond donors (Lipinski definition) is 2. The van der Waals surface area contributed by atoms with Crippen LogP contribution in [0.2, 0.25) is 5.15 Å². The second-order valence-electron chi connectivity index (χ2n) is 7.12. The van der Waals surface area contributed by atoms with E-state index in [1.165, 1.54) is 4.52 Å². The fourth-order valence-electron chi connectivity index (χ4n) is 3.67. The molecule has 10 nitrogen and oxygen atoms in total. The summed E-state index contributed by atoms with van der Waals surface area (Å²) in [6.45, 7) is 2.29. The highest BCUT2D eigenvalue weighted by Gasteiger charge is 2.24. The van der Waals surface area contributed by atoms with E-state index >= 15 is 0 Å². The van der Waals surface area contributed by atoms with Crippen molar-refractivity contribution in [2.45, 2.75) is 32.1 Å². The third-order valence-corrected chi connectivity index (χ3v) is 5.26. The van der Waals surface area contributed by atoms with E-state index in [0.29, 0.717) is 34.9 Å². The number of anilines is 1. The van der Waals surface area contributed by atoms with Gasteiger partial charge in [0, 0.05) is 19.3 Å². The molecule has 1 aliphatic heterocycles. The van der Waals surface area contributed by atoms with Crippen LogP contribution in [0.15, 0.2) is 41.1 Å². The Hall–Kier alpha value is -3.08. The Morgan fingerprint density at radius 3 is 3.03 bits per heavy atom. The standard InChI is InChI=1S/C19H20ClN9O/c20-14-9-12(5-6-22-14)11-28-7-1-4-16(28)23-10-15-24-18(21)29-19(25-15)26-17(27-29)13-3-2-8-30-13/h2-3,5-6,8-9,16,23H,1,4,7,10-11H2,(H2,21,24,25,26,27)/t16-/m1/s1. The van der Waals surface area contributed by atoms with Crippen molar-refractivity contribution >= 4 is 23.3 Å². The molecule has 1 fully saturated rings. The Morgan fingerprint density at radius 2 is 2.20 bits per heavy atom. The first-order valence-electron chi connectivity index (χ1n) is 9.66. The van der Waals surface area contributed by atoms with Gasteiger partial charge in [0.2, 0.25) is 11.8 Å². The molecule has 0 aliphatic carbocycles. The van der Waals surface area contributed by atoms with Crippen LogP contribution in [0.1, 0.15) is 24.2 Å². The molecule has 5 rings (SSSR count). The lowest BCUT2D eigenvalue weighted by Gasteiger charge is -2.25. The summed E-state index contributed by atoms with van der Waals surface area (Å²) in [4.78, 5) is 19.7. The summed E-state index contributed by atoms with van der Waals surface area (Å²) < 4.78 is 6.76. The molecule has 5 heterocycles. The topological polar surface area (TPSA) is 123 Å². The average molecular weight is 426 g/mol. The number of rotatable bonds is 6. The lowest BCUT2D eigenvalue weighted by atomic mass is 10.2. The van der Waals surface area contributed by atoms with Crippen LogP contribution in [0.25, 0.3) is 17.4 Å². The third-order valence-electron chi connectivity index (χ3n) is 5.06. The van der Waals surface area contributed by atoms with Crippen LogP contribution in [0, 0.1) is 0 Å². The van der Waals surface area contributed by atoms with Crippen molar-refractivity contribution in [1.29, 1.82) is 0 Å². The highest BCUT2D eigenvalue weighted by atomic mass is 35.5. The molecule has 11 heteroatoms. The van der Waals surface area contributed by atoms with Crippen LogP contribution < -0.4 is 11.1 Å². The molecule has 0 aromatic carbocycles. The fourth-order valence-corrected chi connectivity index (χ4v) is 3.87. The lowest BCUT2D eigenvalue weighted by Crippen LogP contribution is -2.40. The quantitative estimate of drug-likeness (QED) is 0.447. The predicted molar refractivity (Wildman–Crippen MR) is 110 cm³/mol. The fraction of sp³-hybridized carbons (Fsp3) is 0.316. The smallest absolute Gasteiger partial charge is 0.257 e. The van der Waals surface area contributed by atoms with Gasteiger partial charge in [-0.2, -0.15) is 19.5 Å². The Morgan fingerprint density at radius 1 is 1.27 bits per heavy atom. The molecule has 0 unspecified atom stereocenters. The molecule has 0 bridgehead atoms. The summed E-state index contributed by atoms with van der Waals surface area (Å²) in [7, 11) is 0. The molecular formula is C19H20ClN9O. The van der Waals surface area contributed by atoms with Crippen LogP contribution in [0.4, 0.5) is 5.95 Å². The van der Waals surface area contributed by atoms with Gasteiger partial charge < -0.3 is 10.2 Å². The van der Waals surface area contributed by atoms with Gasteiger partial charge in [0.15, 0.2) is 5.76 Å². The summed E-state index contributed by atoms with van der Waals surface area (Å²) in [6.07, 6.45) is 5.68. The Bertz CT molecular complexity index is 1160. The Kier molecular flexibility index (Phi) is 5.03. The van der Waals surface area contributed by atoms with Crippen molar-refractivity contribution in [2.24, 2.45) is 0 Å². The maximum atomic E-state index is 6.07. The maximum Gasteiger partial charge on any atom is 0.257 e. The summed E-state index contributed by atoms with van der Waals surface area (Å²) in [5.74, 6) is 2.16. The normalized spacial score (nSPS) is 17.2. The van der Waals surface area contributed by atoms with Crippen molar-refractivity contribution in [1.82, 2.24) is 39.8 Å². The first-order chi connectivity index (χ1) is 14.7. The monoisotopic (exact) mass is 425 g/mol. The average Bonchev–Trinajstić information content (AvgIpc) is 3.47. The number of pyridine rings is 1. The van der Waals surface area contributed by atoms with E-state index in [-0.39, 0.29) is 12.1 Å². The first-order valence-corrected chi connectivity index (χ1v) is 10.0. The highest BCUT2D eigenvalue weighted by molar-refractivity contribution is 6.29. The van der Waals surface area contributed by atoms with E-state index in [1.54, 1.807) is 24.6 Å². The number of nitrogens with one attached hydrogen (secondary N) is 1. The molecule has 4 aromatic heterocycles. The van der Waals surface area contributed by atoms with Crippen molar-refractivity contribution < 1.29 is 4.42 Å². The van der Waals surface area contributed by atoms with Gasteiger partial charge in [-0.3, -0.25) is 10.2 Å². The van der Waals surface area contributed by atoms with Crippen molar-refractivity contribution in [2.75, 3.05) is 12.3 Å². The van der Waals surface area contributed by atoms with Crippen molar-refractivity contribution in [3.63, 3.8) is 0 Å². The zero-order chi connectivity index (χ0) is 20.5. The zero-order valence-electron chi connectivity index (χ0n) is 16.1. The summed E-state index contributed by atoms with van der Waals surface area (Å²) in [5.41, 5.74) is 7.21.